The molecule has 126 valence electrons. The molecule has 2 aromatic carbocycles. The summed E-state index contributed by atoms with van der Waals surface area (Å²) in [6.07, 6.45) is 0.328. The lowest BCUT2D eigenvalue weighted by Crippen LogP contribution is -2.11. The number of Topliss-reactive ketones (excluding diaryl/α,β-unsaturated/α-hetero) is 1. The van der Waals surface area contributed by atoms with Gasteiger partial charge in [0.2, 0.25) is 0 Å². The number of rotatable bonds is 6. The Labute approximate surface area is 149 Å². The SMILES string of the molecule is CCC(=O)c1cc(Br)cc(C(c2cccc(OC)c2)C2CO2)c1O. The Bertz CT molecular complexity index is 768. The van der Waals surface area contributed by atoms with Crippen molar-refractivity contribution in [2.75, 3.05) is 13.7 Å². The van der Waals surface area contributed by atoms with Crippen LogP contribution in [0.25, 0.3) is 0 Å². The third-order valence-corrected chi connectivity index (χ3v) is 4.70. The summed E-state index contributed by atoms with van der Waals surface area (Å²) in [4.78, 5) is 12.2. The number of aromatic hydroxyl groups is 1. The summed E-state index contributed by atoms with van der Waals surface area (Å²) in [6.45, 7) is 2.41. The van der Waals surface area contributed by atoms with Crippen LogP contribution in [-0.4, -0.2) is 30.7 Å². The molecule has 1 heterocycles. The Morgan fingerprint density at radius 3 is 2.79 bits per heavy atom. The van der Waals surface area contributed by atoms with E-state index >= 15 is 0 Å². The van der Waals surface area contributed by atoms with Gasteiger partial charge in [0.15, 0.2) is 5.78 Å². The van der Waals surface area contributed by atoms with Crippen LogP contribution in [0.2, 0.25) is 0 Å². The topological polar surface area (TPSA) is 59.1 Å². The maximum Gasteiger partial charge on any atom is 0.166 e. The van der Waals surface area contributed by atoms with Gasteiger partial charge in [0.25, 0.3) is 0 Å². The predicted molar refractivity (Wildman–Crippen MR) is 95.0 cm³/mol. The van der Waals surface area contributed by atoms with Gasteiger partial charge in [0.1, 0.15) is 11.5 Å². The molecule has 4 nitrogen and oxygen atoms in total. The maximum absolute atomic E-state index is 12.2. The van der Waals surface area contributed by atoms with E-state index in [1.165, 1.54) is 0 Å². The van der Waals surface area contributed by atoms with E-state index in [9.17, 15) is 9.90 Å². The first-order valence-electron chi connectivity index (χ1n) is 7.86. The van der Waals surface area contributed by atoms with Crippen molar-refractivity contribution in [1.29, 1.82) is 0 Å². The van der Waals surface area contributed by atoms with E-state index in [-0.39, 0.29) is 23.6 Å². The van der Waals surface area contributed by atoms with Crippen LogP contribution < -0.4 is 4.74 Å². The minimum Gasteiger partial charge on any atom is -0.507 e. The van der Waals surface area contributed by atoms with Gasteiger partial charge in [0, 0.05) is 22.4 Å². The summed E-state index contributed by atoms with van der Waals surface area (Å²) in [5.41, 5.74) is 2.02. The van der Waals surface area contributed by atoms with Gasteiger partial charge in [-0.3, -0.25) is 4.79 Å². The van der Waals surface area contributed by atoms with Gasteiger partial charge in [-0.05, 0) is 29.8 Å². The van der Waals surface area contributed by atoms with Crippen LogP contribution in [0.4, 0.5) is 0 Å². The number of carbonyl (C=O) groups excluding carboxylic acids is 1. The standard InChI is InChI=1S/C19H19BrO4/c1-3-16(21)14-8-12(20)9-15(19(14)22)18(17-10-24-17)11-5-4-6-13(7-11)23-2/h4-9,17-18,22H,3,10H2,1-2H3. The Morgan fingerprint density at radius 1 is 1.42 bits per heavy atom. The zero-order chi connectivity index (χ0) is 17.3. The first kappa shape index (κ1) is 17.0. The van der Waals surface area contributed by atoms with Gasteiger partial charge in [-0.15, -0.1) is 0 Å². The molecular weight excluding hydrogens is 372 g/mol. The summed E-state index contributed by atoms with van der Waals surface area (Å²) in [5, 5.41) is 10.7. The molecule has 0 spiro atoms. The monoisotopic (exact) mass is 390 g/mol. The van der Waals surface area contributed by atoms with Crippen molar-refractivity contribution >= 4 is 21.7 Å². The van der Waals surface area contributed by atoms with Crippen molar-refractivity contribution in [2.24, 2.45) is 0 Å². The van der Waals surface area contributed by atoms with E-state index in [1.54, 1.807) is 20.1 Å². The molecule has 3 rings (SSSR count). The van der Waals surface area contributed by atoms with E-state index < -0.39 is 0 Å². The lowest BCUT2D eigenvalue weighted by atomic mass is 9.86. The summed E-state index contributed by atoms with van der Waals surface area (Å²) in [6, 6.07) is 11.2. The fourth-order valence-corrected chi connectivity index (χ4v) is 3.41. The lowest BCUT2D eigenvalue weighted by Gasteiger charge is -2.19. The molecule has 1 aliphatic heterocycles. The van der Waals surface area contributed by atoms with Gasteiger partial charge in [-0.2, -0.15) is 0 Å². The molecule has 5 heteroatoms. The summed E-state index contributed by atoms with van der Waals surface area (Å²) in [5.74, 6) is 0.544. The van der Waals surface area contributed by atoms with Crippen molar-refractivity contribution in [3.05, 3.63) is 57.6 Å². The smallest absolute Gasteiger partial charge is 0.166 e. The predicted octanol–water partition coefficient (Wildman–Crippen LogP) is 4.29. The fraction of sp³-hybridized carbons (Fsp3) is 0.316. The molecule has 1 aliphatic rings. The molecule has 0 radical (unpaired) electrons. The average Bonchev–Trinajstić information content (AvgIpc) is 3.42. The third kappa shape index (κ3) is 3.32. The number of halogens is 1. The van der Waals surface area contributed by atoms with E-state index in [0.29, 0.717) is 24.2 Å². The third-order valence-electron chi connectivity index (χ3n) is 4.24. The molecule has 2 atom stereocenters. The molecule has 0 bridgehead atoms. The van der Waals surface area contributed by atoms with E-state index in [4.69, 9.17) is 9.47 Å². The number of phenols is 1. The van der Waals surface area contributed by atoms with E-state index in [0.717, 1.165) is 15.8 Å². The fourth-order valence-electron chi connectivity index (χ4n) is 2.94. The van der Waals surface area contributed by atoms with Crippen LogP contribution in [0.1, 0.15) is 40.7 Å². The number of carbonyl (C=O) groups is 1. The Kier molecular flexibility index (Phi) is 4.92. The van der Waals surface area contributed by atoms with Gasteiger partial charge < -0.3 is 14.6 Å². The second kappa shape index (κ2) is 6.95. The molecule has 24 heavy (non-hydrogen) atoms. The van der Waals surface area contributed by atoms with Crippen molar-refractivity contribution in [1.82, 2.24) is 0 Å². The molecule has 0 saturated carbocycles. The number of methoxy groups -OCH3 is 1. The number of epoxide rings is 1. The Morgan fingerprint density at radius 2 is 2.17 bits per heavy atom. The number of phenolic OH excluding ortho intramolecular Hbond substituents is 1. The largest absolute Gasteiger partial charge is 0.507 e. The molecule has 2 aromatic rings. The lowest BCUT2D eigenvalue weighted by molar-refractivity contribution is 0.0985. The number of ether oxygens (including phenoxy) is 2. The summed E-state index contributed by atoms with van der Waals surface area (Å²) < 4.78 is 11.6. The second-order valence-corrected chi connectivity index (χ2v) is 6.71. The van der Waals surface area contributed by atoms with Gasteiger partial charge in [0.05, 0.1) is 25.4 Å². The maximum atomic E-state index is 12.2. The summed E-state index contributed by atoms with van der Waals surface area (Å²) >= 11 is 3.45. The van der Waals surface area contributed by atoms with Crippen molar-refractivity contribution in [2.45, 2.75) is 25.4 Å². The van der Waals surface area contributed by atoms with Crippen LogP contribution in [0.15, 0.2) is 40.9 Å². The minimum atomic E-state index is -0.152. The van der Waals surface area contributed by atoms with Crippen LogP contribution in [-0.2, 0) is 4.74 Å². The zero-order valence-corrected chi connectivity index (χ0v) is 15.2. The number of hydrogen-bond acceptors (Lipinski definition) is 4. The highest BCUT2D eigenvalue weighted by molar-refractivity contribution is 9.10. The van der Waals surface area contributed by atoms with Crippen molar-refractivity contribution < 1.29 is 19.4 Å². The highest BCUT2D eigenvalue weighted by Gasteiger charge is 2.37. The van der Waals surface area contributed by atoms with E-state index in [2.05, 4.69) is 15.9 Å². The molecule has 1 N–H and O–H groups in total. The Balaban J connectivity index is 2.12. The van der Waals surface area contributed by atoms with Gasteiger partial charge in [-0.25, -0.2) is 0 Å². The molecule has 1 saturated heterocycles. The van der Waals surface area contributed by atoms with Crippen molar-refractivity contribution in [3.63, 3.8) is 0 Å². The van der Waals surface area contributed by atoms with Crippen molar-refractivity contribution in [3.8, 4) is 11.5 Å². The van der Waals surface area contributed by atoms with Gasteiger partial charge in [-0.1, -0.05) is 35.0 Å². The molecule has 0 aromatic heterocycles. The molecule has 0 amide bonds. The minimum absolute atomic E-state index is 0.0121. The van der Waals surface area contributed by atoms with Crippen LogP contribution in [0, 0.1) is 0 Å². The molecule has 1 fully saturated rings. The normalized spacial score (nSPS) is 17.4. The number of benzene rings is 2. The summed E-state index contributed by atoms with van der Waals surface area (Å²) in [7, 11) is 1.62. The highest BCUT2D eigenvalue weighted by Crippen LogP contribution is 2.43. The molecule has 2 unspecified atom stereocenters. The van der Waals surface area contributed by atoms with Gasteiger partial charge >= 0.3 is 0 Å². The number of ketones is 1. The van der Waals surface area contributed by atoms with Crippen LogP contribution in [0.5, 0.6) is 11.5 Å². The second-order valence-electron chi connectivity index (χ2n) is 5.79. The average molecular weight is 391 g/mol. The highest BCUT2D eigenvalue weighted by atomic mass is 79.9. The first-order valence-corrected chi connectivity index (χ1v) is 8.65. The Hall–Kier alpha value is -1.85. The number of hydrogen-bond donors (Lipinski definition) is 1. The van der Waals surface area contributed by atoms with E-state index in [1.807, 2.05) is 30.3 Å². The molecule has 0 aliphatic carbocycles. The first-order chi connectivity index (χ1) is 11.5. The zero-order valence-electron chi connectivity index (χ0n) is 13.6. The van der Waals surface area contributed by atoms with Crippen LogP contribution >= 0.6 is 15.9 Å². The quantitative estimate of drug-likeness (QED) is 0.590. The van der Waals surface area contributed by atoms with Crippen LogP contribution in [0.3, 0.4) is 0 Å². The molecular formula is C19H19BrO4.